The van der Waals surface area contributed by atoms with Crippen molar-refractivity contribution < 1.29 is 18.5 Å². The van der Waals surface area contributed by atoms with Crippen molar-refractivity contribution in [2.75, 3.05) is 13.1 Å². The summed E-state index contributed by atoms with van der Waals surface area (Å²) in [5, 5.41) is 15.9. The summed E-state index contributed by atoms with van der Waals surface area (Å²) in [4.78, 5) is 21.1. The van der Waals surface area contributed by atoms with E-state index >= 15 is 0 Å². The predicted octanol–water partition coefficient (Wildman–Crippen LogP) is 1.60. The van der Waals surface area contributed by atoms with Crippen LogP contribution in [0.2, 0.25) is 0 Å². The van der Waals surface area contributed by atoms with E-state index in [1.54, 1.807) is 0 Å². The van der Waals surface area contributed by atoms with Crippen LogP contribution in [-0.4, -0.2) is 30.0 Å². The molecule has 0 radical (unpaired) electrons. The number of amides is 1. The van der Waals surface area contributed by atoms with E-state index in [0.717, 1.165) is 0 Å². The van der Waals surface area contributed by atoms with E-state index in [4.69, 9.17) is 0 Å². The molecule has 0 aromatic heterocycles. The van der Waals surface area contributed by atoms with Crippen molar-refractivity contribution in [3.05, 3.63) is 39.4 Å². The number of hydrogen-bond acceptors (Lipinski definition) is 4. The minimum absolute atomic E-state index is 0.195. The highest BCUT2D eigenvalue weighted by Gasteiger charge is 2.23. The Morgan fingerprint density at radius 2 is 2.00 bits per heavy atom. The van der Waals surface area contributed by atoms with Crippen molar-refractivity contribution in [2.24, 2.45) is 0 Å². The number of benzene rings is 1. The first-order chi connectivity index (χ1) is 9.32. The SMILES string of the molecule is CC(C)NCCNC(=O)c1cc(F)cc([N+](=O)[O-])c1F. The van der Waals surface area contributed by atoms with Gasteiger partial charge in [-0.1, -0.05) is 13.8 Å². The van der Waals surface area contributed by atoms with Gasteiger partial charge in [0.05, 0.1) is 16.6 Å². The Morgan fingerprint density at radius 1 is 1.35 bits per heavy atom. The number of rotatable bonds is 6. The Balaban J connectivity index is 2.80. The standard InChI is InChI=1S/C12H15F2N3O3/c1-7(2)15-3-4-16-12(18)9-5-8(13)6-10(11(9)14)17(19)20/h5-7,15H,3-4H2,1-2H3,(H,16,18). The zero-order valence-electron chi connectivity index (χ0n) is 11.1. The van der Waals surface area contributed by atoms with Gasteiger partial charge in [-0.15, -0.1) is 0 Å². The van der Waals surface area contributed by atoms with E-state index in [9.17, 15) is 23.7 Å². The molecule has 110 valence electrons. The van der Waals surface area contributed by atoms with Crippen LogP contribution in [0.4, 0.5) is 14.5 Å². The summed E-state index contributed by atoms with van der Waals surface area (Å²) >= 11 is 0. The van der Waals surface area contributed by atoms with E-state index in [0.29, 0.717) is 18.7 Å². The first-order valence-corrected chi connectivity index (χ1v) is 5.98. The lowest BCUT2D eigenvalue weighted by atomic mass is 10.1. The van der Waals surface area contributed by atoms with Gasteiger partial charge in [-0.2, -0.15) is 4.39 Å². The number of halogens is 2. The molecule has 1 aromatic carbocycles. The number of hydrogen-bond donors (Lipinski definition) is 2. The van der Waals surface area contributed by atoms with Crippen LogP contribution in [0.3, 0.4) is 0 Å². The van der Waals surface area contributed by atoms with E-state index in [-0.39, 0.29) is 12.6 Å². The second-order valence-corrected chi connectivity index (χ2v) is 4.41. The number of nitrogens with one attached hydrogen (secondary N) is 2. The molecule has 8 heteroatoms. The molecule has 0 fully saturated rings. The van der Waals surface area contributed by atoms with Gasteiger partial charge in [-0.25, -0.2) is 4.39 Å². The number of nitro groups is 1. The summed E-state index contributed by atoms with van der Waals surface area (Å²) in [5.74, 6) is -3.27. The zero-order chi connectivity index (χ0) is 15.3. The molecule has 0 aliphatic carbocycles. The molecule has 0 unspecified atom stereocenters. The number of nitro benzene ring substituents is 1. The lowest BCUT2D eigenvalue weighted by molar-refractivity contribution is -0.387. The van der Waals surface area contributed by atoms with Crippen molar-refractivity contribution in [1.29, 1.82) is 0 Å². The maximum Gasteiger partial charge on any atom is 0.308 e. The fourth-order valence-corrected chi connectivity index (χ4v) is 1.51. The van der Waals surface area contributed by atoms with Crippen LogP contribution in [0.25, 0.3) is 0 Å². The van der Waals surface area contributed by atoms with Gasteiger partial charge in [0.2, 0.25) is 5.82 Å². The molecule has 1 amide bonds. The van der Waals surface area contributed by atoms with Gasteiger partial charge in [0.15, 0.2) is 0 Å². The number of nitrogens with zero attached hydrogens (tertiary/aromatic N) is 1. The summed E-state index contributed by atoms with van der Waals surface area (Å²) in [5.41, 5.74) is -1.74. The molecule has 0 bridgehead atoms. The van der Waals surface area contributed by atoms with Crippen LogP contribution in [0.1, 0.15) is 24.2 Å². The van der Waals surface area contributed by atoms with Crippen molar-refractivity contribution >= 4 is 11.6 Å². The fourth-order valence-electron chi connectivity index (χ4n) is 1.51. The molecular weight excluding hydrogens is 272 g/mol. The molecule has 1 rings (SSSR count). The van der Waals surface area contributed by atoms with Crippen molar-refractivity contribution in [1.82, 2.24) is 10.6 Å². The Bertz CT molecular complexity index is 521. The van der Waals surface area contributed by atoms with Crippen LogP contribution >= 0.6 is 0 Å². The molecule has 1 aromatic rings. The van der Waals surface area contributed by atoms with Gasteiger partial charge in [0.25, 0.3) is 5.91 Å². The van der Waals surface area contributed by atoms with Crippen LogP contribution in [0.5, 0.6) is 0 Å². The Labute approximate surface area is 114 Å². The summed E-state index contributed by atoms with van der Waals surface area (Å²) in [6.45, 7) is 4.47. The quantitative estimate of drug-likeness (QED) is 0.473. The van der Waals surface area contributed by atoms with Crippen LogP contribution in [-0.2, 0) is 0 Å². The lowest BCUT2D eigenvalue weighted by Crippen LogP contribution is -2.35. The normalized spacial score (nSPS) is 10.7. The van der Waals surface area contributed by atoms with Gasteiger partial charge in [-0.05, 0) is 6.07 Å². The topological polar surface area (TPSA) is 84.3 Å². The highest BCUT2D eigenvalue weighted by Crippen LogP contribution is 2.22. The monoisotopic (exact) mass is 287 g/mol. The molecule has 0 spiro atoms. The minimum Gasteiger partial charge on any atom is -0.351 e. The molecule has 0 saturated heterocycles. The number of carbonyl (C=O) groups is 1. The van der Waals surface area contributed by atoms with Gasteiger partial charge >= 0.3 is 5.69 Å². The van der Waals surface area contributed by atoms with Crippen LogP contribution < -0.4 is 10.6 Å². The maximum absolute atomic E-state index is 13.7. The summed E-state index contributed by atoms with van der Waals surface area (Å²) < 4.78 is 26.9. The largest absolute Gasteiger partial charge is 0.351 e. The minimum atomic E-state index is -1.34. The average molecular weight is 287 g/mol. The van der Waals surface area contributed by atoms with E-state index < -0.39 is 33.7 Å². The fraction of sp³-hybridized carbons (Fsp3) is 0.417. The molecule has 20 heavy (non-hydrogen) atoms. The highest BCUT2D eigenvalue weighted by molar-refractivity contribution is 5.95. The Kier molecular flexibility index (Phi) is 5.51. The molecule has 0 atom stereocenters. The van der Waals surface area contributed by atoms with Crippen molar-refractivity contribution in [3.63, 3.8) is 0 Å². The third-order valence-corrected chi connectivity index (χ3v) is 2.42. The van der Waals surface area contributed by atoms with Gasteiger partial charge < -0.3 is 10.6 Å². The first-order valence-electron chi connectivity index (χ1n) is 5.98. The van der Waals surface area contributed by atoms with Gasteiger partial charge in [0.1, 0.15) is 5.82 Å². The summed E-state index contributed by atoms with van der Waals surface area (Å²) in [6.07, 6.45) is 0. The van der Waals surface area contributed by atoms with Crippen molar-refractivity contribution in [3.8, 4) is 0 Å². The van der Waals surface area contributed by atoms with E-state index in [2.05, 4.69) is 10.6 Å². The van der Waals surface area contributed by atoms with E-state index in [1.165, 1.54) is 0 Å². The Hall–Kier alpha value is -2.09. The smallest absolute Gasteiger partial charge is 0.308 e. The van der Waals surface area contributed by atoms with Crippen LogP contribution in [0, 0.1) is 21.7 Å². The molecular formula is C12H15F2N3O3. The third-order valence-electron chi connectivity index (χ3n) is 2.42. The van der Waals surface area contributed by atoms with Crippen molar-refractivity contribution in [2.45, 2.75) is 19.9 Å². The highest BCUT2D eigenvalue weighted by atomic mass is 19.1. The lowest BCUT2D eigenvalue weighted by Gasteiger charge is -2.09. The van der Waals surface area contributed by atoms with Gasteiger partial charge in [0, 0.05) is 19.1 Å². The maximum atomic E-state index is 13.7. The van der Waals surface area contributed by atoms with Crippen LogP contribution in [0.15, 0.2) is 12.1 Å². The number of carbonyl (C=O) groups excluding carboxylic acids is 1. The van der Waals surface area contributed by atoms with E-state index in [1.807, 2.05) is 13.8 Å². The molecule has 6 nitrogen and oxygen atoms in total. The first kappa shape index (κ1) is 16.0. The molecule has 0 aliphatic heterocycles. The average Bonchev–Trinajstić information content (AvgIpc) is 2.36. The summed E-state index contributed by atoms with van der Waals surface area (Å²) in [6, 6.07) is 1.29. The second kappa shape index (κ2) is 6.90. The molecule has 0 aliphatic rings. The predicted molar refractivity (Wildman–Crippen MR) is 68.5 cm³/mol. The Morgan fingerprint density at radius 3 is 2.55 bits per heavy atom. The third kappa shape index (κ3) is 4.23. The molecule has 0 saturated carbocycles. The van der Waals surface area contributed by atoms with Gasteiger partial charge in [-0.3, -0.25) is 14.9 Å². The molecule has 0 heterocycles. The second-order valence-electron chi connectivity index (χ2n) is 4.41. The molecule has 2 N–H and O–H groups in total. The summed E-state index contributed by atoms with van der Waals surface area (Å²) in [7, 11) is 0. The zero-order valence-corrected chi connectivity index (χ0v) is 11.1.